The first kappa shape index (κ1) is 22.8. The average molecular weight is 449 g/mol. The van der Waals surface area contributed by atoms with Gasteiger partial charge in [-0.3, -0.25) is 9.59 Å². The normalized spacial score (nSPS) is 51.2. The first-order valence-corrected chi connectivity index (χ1v) is 12.7. The predicted molar refractivity (Wildman–Crippen MR) is 118 cm³/mol. The van der Waals surface area contributed by atoms with Gasteiger partial charge in [-0.25, -0.2) is 0 Å². The summed E-state index contributed by atoms with van der Waals surface area (Å²) < 4.78 is 18.1. The Bertz CT molecular complexity index is 808. The molecule has 0 aromatic carbocycles. The summed E-state index contributed by atoms with van der Waals surface area (Å²) >= 11 is 0. The maximum Gasteiger partial charge on any atom is 0.303 e. The number of ether oxygens (including phenoxy) is 3. The molecule has 1 N–H and O–H groups in total. The third-order valence-electron chi connectivity index (χ3n) is 10.5. The lowest BCUT2D eigenvalue weighted by atomic mass is 9.44. The highest BCUT2D eigenvalue weighted by molar-refractivity contribution is 5.92. The molecule has 1 aliphatic heterocycles. The Balaban J connectivity index is 1.48. The lowest BCUT2D eigenvalue weighted by Crippen LogP contribution is -2.62. The number of aliphatic hydroxyl groups is 1. The maximum absolute atomic E-state index is 13.7. The molecule has 1 saturated heterocycles. The number of Topliss-reactive ketones (excluding diaryl/α,β-unsaturated/α-hetero) is 1. The molecule has 0 spiro atoms. The van der Waals surface area contributed by atoms with Gasteiger partial charge in [-0.2, -0.15) is 0 Å². The topological polar surface area (TPSA) is 82.1 Å². The zero-order valence-electron chi connectivity index (χ0n) is 20.3. The minimum absolute atomic E-state index is 0.143. The van der Waals surface area contributed by atoms with Crippen molar-refractivity contribution < 1.29 is 28.9 Å². The van der Waals surface area contributed by atoms with E-state index in [4.69, 9.17) is 14.2 Å². The van der Waals surface area contributed by atoms with Gasteiger partial charge in [0.15, 0.2) is 18.0 Å². The van der Waals surface area contributed by atoms with Crippen LogP contribution in [0.15, 0.2) is 0 Å². The molecule has 0 amide bonds. The minimum Gasteiger partial charge on any atom is -0.458 e. The van der Waals surface area contributed by atoms with Crippen molar-refractivity contribution in [3.63, 3.8) is 0 Å². The Kier molecular flexibility index (Phi) is 5.17. The van der Waals surface area contributed by atoms with Crippen LogP contribution >= 0.6 is 0 Å². The van der Waals surface area contributed by atoms with Gasteiger partial charge in [0.05, 0.1) is 12.2 Å². The SMILES string of the molecule is CC(=O)OCC(=O)[C@@]12OC(C)(C)O[C@@H]1C[C@H]1[C@@H]3CC[C@@H]4C[C@@H](O)CC[C@]4(C)[C@H]3CC[C@@]12C. The van der Waals surface area contributed by atoms with Gasteiger partial charge in [0.2, 0.25) is 5.78 Å². The predicted octanol–water partition coefficient (Wildman–Crippen LogP) is 4.02. The number of carbonyl (C=O) groups excluding carboxylic acids is 2. The van der Waals surface area contributed by atoms with Gasteiger partial charge in [0.25, 0.3) is 0 Å². The fourth-order valence-electron chi connectivity index (χ4n) is 9.11. The summed E-state index contributed by atoms with van der Waals surface area (Å²) in [5, 5.41) is 10.3. The summed E-state index contributed by atoms with van der Waals surface area (Å²) in [4.78, 5) is 25.1. The molecule has 4 aliphatic carbocycles. The fraction of sp³-hybridized carbons (Fsp3) is 0.923. The molecule has 4 saturated carbocycles. The van der Waals surface area contributed by atoms with Gasteiger partial charge in [0.1, 0.15) is 0 Å². The van der Waals surface area contributed by atoms with Gasteiger partial charge >= 0.3 is 5.97 Å². The minimum atomic E-state index is -1.05. The molecule has 6 nitrogen and oxygen atoms in total. The Morgan fingerprint density at radius 1 is 1.00 bits per heavy atom. The smallest absolute Gasteiger partial charge is 0.303 e. The van der Waals surface area contributed by atoms with E-state index in [2.05, 4.69) is 13.8 Å². The summed E-state index contributed by atoms with van der Waals surface area (Å²) in [6, 6.07) is 0. The molecule has 32 heavy (non-hydrogen) atoms. The molecule has 5 aliphatic rings. The third-order valence-corrected chi connectivity index (χ3v) is 10.5. The second-order valence-corrected chi connectivity index (χ2v) is 12.3. The van der Waals surface area contributed by atoms with E-state index in [1.165, 1.54) is 6.92 Å². The van der Waals surface area contributed by atoms with Crippen molar-refractivity contribution in [2.24, 2.45) is 34.5 Å². The number of hydrogen-bond acceptors (Lipinski definition) is 6. The van der Waals surface area contributed by atoms with Crippen molar-refractivity contribution in [1.82, 2.24) is 0 Å². The average Bonchev–Trinajstić information content (AvgIpc) is 3.12. The van der Waals surface area contributed by atoms with Crippen LogP contribution in [0.1, 0.15) is 86.0 Å². The summed E-state index contributed by atoms with van der Waals surface area (Å²) in [6.07, 6.45) is 7.66. The summed E-state index contributed by atoms with van der Waals surface area (Å²) in [6.45, 7) is 9.56. The van der Waals surface area contributed by atoms with Crippen molar-refractivity contribution in [3.05, 3.63) is 0 Å². The summed E-state index contributed by atoms with van der Waals surface area (Å²) in [5.74, 6) is 0.705. The zero-order valence-corrected chi connectivity index (χ0v) is 20.3. The standard InChI is InChI=1S/C26H40O6/c1-15(27)30-14-21(29)26-22(31-23(2,3)32-26)13-20-18-7-6-16-12-17(28)8-10-24(16,4)19(18)9-11-25(20,26)5/h16-20,22,28H,6-14H2,1-5H3/t16-,17+,18-,19+,20+,22-,24+,25+,26-/m1/s1. The monoisotopic (exact) mass is 448 g/mol. The number of hydrogen-bond donors (Lipinski definition) is 1. The molecule has 0 bridgehead atoms. The van der Waals surface area contributed by atoms with E-state index in [0.29, 0.717) is 23.7 Å². The highest BCUT2D eigenvalue weighted by Crippen LogP contribution is 2.71. The van der Waals surface area contributed by atoms with Crippen LogP contribution in [0.5, 0.6) is 0 Å². The lowest BCUT2D eigenvalue weighted by Gasteiger charge is -2.61. The molecule has 5 rings (SSSR count). The number of aliphatic hydroxyl groups excluding tert-OH is 1. The largest absolute Gasteiger partial charge is 0.458 e. The van der Waals surface area contributed by atoms with Crippen molar-refractivity contribution in [2.75, 3.05) is 6.61 Å². The van der Waals surface area contributed by atoms with Crippen molar-refractivity contribution in [3.8, 4) is 0 Å². The molecule has 0 unspecified atom stereocenters. The van der Waals surface area contributed by atoms with Crippen LogP contribution < -0.4 is 0 Å². The number of fused-ring (bicyclic) bond motifs is 7. The van der Waals surface area contributed by atoms with Crippen LogP contribution in [-0.2, 0) is 23.8 Å². The number of carbonyl (C=O) groups is 2. The summed E-state index contributed by atoms with van der Waals surface area (Å²) in [5.41, 5.74) is -1.11. The van der Waals surface area contributed by atoms with E-state index < -0.39 is 17.4 Å². The quantitative estimate of drug-likeness (QED) is 0.657. The molecule has 180 valence electrons. The Hall–Kier alpha value is -0.980. The Morgan fingerprint density at radius 2 is 1.75 bits per heavy atom. The summed E-state index contributed by atoms with van der Waals surface area (Å²) in [7, 11) is 0. The van der Waals surface area contributed by atoms with Gasteiger partial charge in [-0.15, -0.1) is 0 Å². The van der Waals surface area contributed by atoms with Crippen molar-refractivity contribution in [2.45, 2.75) is 110 Å². The van der Waals surface area contributed by atoms with E-state index in [1.54, 1.807) is 0 Å². The molecule has 0 radical (unpaired) electrons. The number of ketones is 1. The van der Waals surface area contributed by atoms with Crippen LogP contribution in [0.3, 0.4) is 0 Å². The van der Waals surface area contributed by atoms with Gasteiger partial charge in [-0.1, -0.05) is 13.8 Å². The van der Waals surface area contributed by atoms with E-state index >= 15 is 0 Å². The van der Waals surface area contributed by atoms with Crippen LogP contribution in [0, 0.1) is 34.5 Å². The molecular formula is C26H40O6. The highest BCUT2D eigenvalue weighted by atomic mass is 16.8. The van der Waals surface area contributed by atoms with Crippen LogP contribution in [0.2, 0.25) is 0 Å². The van der Waals surface area contributed by atoms with Crippen molar-refractivity contribution >= 4 is 11.8 Å². The van der Waals surface area contributed by atoms with E-state index in [-0.39, 0.29) is 35.4 Å². The van der Waals surface area contributed by atoms with Crippen LogP contribution in [0.25, 0.3) is 0 Å². The van der Waals surface area contributed by atoms with E-state index in [9.17, 15) is 14.7 Å². The fourth-order valence-corrected chi connectivity index (χ4v) is 9.11. The molecule has 1 heterocycles. The molecule has 0 aromatic rings. The second kappa shape index (κ2) is 7.26. The molecule has 0 aromatic heterocycles. The van der Waals surface area contributed by atoms with Gasteiger partial charge < -0.3 is 19.3 Å². The molecular weight excluding hydrogens is 408 g/mol. The molecule has 9 atom stereocenters. The number of rotatable bonds is 3. The van der Waals surface area contributed by atoms with Crippen LogP contribution in [0.4, 0.5) is 0 Å². The van der Waals surface area contributed by atoms with E-state index in [1.807, 2.05) is 13.8 Å². The van der Waals surface area contributed by atoms with Crippen LogP contribution in [-0.4, -0.2) is 47.1 Å². The van der Waals surface area contributed by atoms with Gasteiger partial charge in [-0.05, 0) is 94.3 Å². The van der Waals surface area contributed by atoms with Gasteiger partial charge in [0, 0.05) is 12.3 Å². The lowest BCUT2D eigenvalue weighted by molar-refractivity contribution is -0.221. The highest BCUT2D eigenvalue weighted by Gasteiger charge is 2.76. The Labute approximate surface area is 191 Å². The van der Waals surface area contributed by atoms with Crippen molar-refractivity contribution in [1.29, 1.82) is 0 Å². The van der Waals surface area contributed by atoms with E-state index in [0.717, 1.165) is 51.4 Å². The zero-order chi connectivity index (χ0) is 23.1. The maximum atomic E-state index is 13.7. The molecule has 5 fully saturated rings. The Morgan fingerprint density at radius 3 is 2.47 bits per heavy atom. The third kappa shape index (κ3) is 3.01. The first-order chi connectivity index (χ1) is 14.9. The first-order valence-electron chi connectivity index (χ1n) is 12.7. The molecule has 6 heteroatoms. The second-order valence-electron chi connectivity index (χ2n) is 12.3. The number of esters is 1.